The monoisotopic (exact) mass is 538 g/mol. The second-order valence-corrected chi connectivity index (χ2v) is 9.39. The largest absolute Gasteiger partial charge is 0.492 e. The van der Waals surface area contributed by atoms with E-state index in [-0.39, 0.29) is 68.8 Å². The molecule has 0 aliphatic heterocycles. The van der Waals surface area contributed by atoms with Crippen LogP contribution in [0.15, 0.2) is 48.5 Å². The van der Waals surface area contributed by atoms with Crippen LogP contribution in [0.5, 0.6) is 5.75 Å². The molecule has 0 aromatic heterocycles. The number of rotatable bonds is 14. The summed E-state index contributed by atoms with van der Waals surface area (Å²) in [4.78, 5) is 47.8. The standard InChI is InChI=1S/C29H38N4O6/c1-38-20-28(36)31-16-15-30-26(34)13-14-27(35)32-17-18-39-25-11-9-22(10-12-25)29(37)33-24-8-4-7-21-5-2-3-6-23(21)19-24/h2-3,5-6,9-12,24H,4,7-8,13-20H2,1H3,(H,30,34)(H,31,36)(H,32,35)(H,33,37)/t24-/m1/s1. The maximum Gasteiger partial charge on any atom is 0.251 e. The van der Waals surface area contributed by atoms with E-state index in [0.29, 0.717) is 17.9 Å². The van der Waals surface area contributed by atoms with E-state index in [1.807, 2.05) is 6.07 Å². The first kappa shape index (κ1) is 29.6. The van der Waals surface area contributed by atoms with Crippen LogP contribution in [0.25, 0.3) is 0 Å². The van der Waals surface area contributed by atoms with Crippen LogP contribution in [0.2, 0.25) is 0 Å². The quantitative estimate of drug-likeness (QED) is 0.213. The summed E-state index contributed by atoms with van der Waals surface area (Å²) in [6.07, 6.45) is 3.99. The van der Waals surface area contributed by atoms with E-state index in [2.05, 4.69) is 39.5 Å². The zero-order chi connectivity index (χ0) is 27.9. The van der Waals surface area contributed by atoms with Gasteiger partial charge in [-0.15, -0.1) is 0 Å². The minimum Gasteiger partial charge on any atom is -0.492 e. The van der Waals surface area contributed by atoms with Gasteiger partial charge < -0.3 is 30.7 Å². The van der Waals surface area contributed by atoms with E-state index in [4.69, 9.17) is 9.47 Å². The van der Waals surface area contributed by atoms with Crippen LogP contribution < -0.4 is 26.0 Å². The SMILES string of the molecule is COCC(=O)NCCNC(=O)CCC(=O)NCCOc1ccc(C(=O)N[C@@H]2CCCc3ccccc3C2)cc1. The lowest BCUT2D eigenvalue weighted by atomic mass is 10.0. The lowest BCUT2D eigenvalue weighted by Gasteiger charge is -2.17. The Bertz CT molecular complexity index is 1110. The molecule has 1 aliphatic carbocycles. The van der Waals surface area contributed by atoms with Crippen molar-refractivity contribution in [2.24, 2.45) is 0 Å². The molecule has 0 radical (unpaired) electrons. The third-order valence-electron chi connectivity index (χ3n) is 6.35. The lowest BCUT2D eigenvalue weighted by molar-refractivity contribution is -0.126. The topological polar surface area (TPSA) is 135 Å². The van der Waals surface area contributed by atoms with Crippen molar-refractivity contribution in [2.75, 3.05) is 40.0 Å². The van der Waals surface area contributed by atoms with Crippen LogP contribution in [0, 0.1) is 0 Å². The Labute approximate surface area is 229 Å². The van der Waals surface area contributed by atoms with Crippen molar-refractivity contribution in [2.45, 2.75) is 44.6 Å². The molecule has 0 unspecified atom stereocenters. The Balaban J connectivity index is 1.28. The molecule has 2 aromatic carbocycles. The molecule has 10 nitrogen and oxygen atoms in total. The average molecular weight is 539 g/mol. The summed E-state index contributed by atoms with van der Waals surface area (Å²) in [6.45, 7) is 1.08. The highest BCUT2D eigenvalue weighted by atomic mass is 16.5. The second-order valence-electron chi connectivity index (χ2n) is 9.39. The van der Waals surface area contributed by atoms with Gasteiger partial charge in [0.25, 0.3) is 5.91 Å². The van der Waals surface area contributed by atoms with Gasteiger partial charge in [0.15, 0.2) is 0 Å². The van der Waals surface area contributed by atoms with Crippen LogP contribution in [0.4, 0.5) is 0 Å². The minimum atomic E-state index is -0.268. The van der Waals surface area contributed by atoms with E-state index in [1.165, 1.54) is 18.2 Å². The van der Waals surface area contributed by atoms with Crippen molar-refractivity contribution in [3.05, 3.63) is 65.2 Å². The Morgan fingerprint density at radius 3 is 2.15 bits per heavy atom. The number of amides is 4. The summed E-state index contributed by atoms with van der Waals surface area (Å²) in [6, 6.07) is 15.5. The predicted molar refractivity (Wildman–Crippen MR) is 146 cm³/mol. The zero-order valence-corrected chi connectivity index (χ0v) is 22.4. The second kappa shape index (κ2) is 16.1. The highest BCUT2D eigenvalue weighted by Crippen LogP contribution is 2.21. The third kappa shape index (κ3) is 10.8. The van der Waals surface area contributed by atoms with Gasteiger partial charge in [-0.25, -0.2) is 0 Å². The van der Waals surface area contributed by atoms with E-state index in [1.54, 1.807) is 24.3 Å². The van der Waals surface area contributed by atoms with Crippen molar-refractivity contribution in [3.8, 4) is 5.75 Å². The van der Waals surface area contributed by atoms with Gasteiger partial charge in [-0.1, -0.05) is 24.3 Å². The summed E-state index contributed by atoms with van der Waals surface area (Å²) in [5, 5.41) is 11.1. The third-order valence-corrected chi connectivity index (χ3v) is 6.35. The zero-order valence-electron chi connectivity index (χ0n) is 22.4. The van der Waals surface area contributed by atoms with Crippen molar-refractivity contribution >= 4 is 23.6 Å². The maximum atomic E-state index is 12.8. The molecule has 0 heterocycles. The molecular formula is C29H38N4O6. The van der Waals surface area contributed by atoms with Gasteiger partial charge in [0.2, 0.25) is 17.7 Å². The molecule has 1 atom stereocenters. The first-order chi connectivity index (χ1) is 18.9. The Morgan fingerprint density at radius 1 is 0.821 bits per heavy atom. The molecule has 10 heteroatoms. The van der Waals surface area contributed by atoms with Crippen molar-refractivity contribution in [1.82, 2.24) is 21.3 Å². The molecule has 39 heavy (non-hydrogen) atoms. The number of fused-ring (bicyclic) bond motifs is 1. The van der Waals surface area contributed by atoms with Gasteiger partial charge in [-0.05, 0) is 61.1 Å². The molecule has 0 spiro atoms. The Morgan fingerprint density at radius 2 is 1.46 bits per heavy atom. The molecule has 1 aliphatic rings. The Kier molecular flexibility index (Phi) is 12.3. The van der Waals surface area contributed by atoms with Gasteiger partial charge in [0.05, 0.1) is 6.54 Å². The first-order valence-corrected chi connectivity index (χ1v) is 13.3. The lowest BCUT2D eigenvalue weighted by Crippen LogP contribution is -2.36. The Hall–Kier alpha value is -3.92. The van der Waals surface area contributed by atoms with Crippen molar-refractivity contribution < 1.29 is 28.7 Å². The summed E-state index contributed by atoms with van der Waals surface area (Å²) in [7, 11) is 1.43. The summed E-state index contributed by atoms with van der Waals surface area (Å²) in [5.74, 6) is -0.281. The molecular weight excluding hydrogens is 500 g/mol. The number of nitrogens with one attached hydrogen (secondary N) is 4. The molecule has 210 valence electrons. The minimum absolute atomic E-state index is 0.0309. The number of aryl methyl sites for hydroxylation is 1. The normalized spacial score (nSPS) is 14.3. The number of carbonyl (C=O) groups excluding carboxylic acids is 4. The fourth-order valence-electron chi connectivity index (χ4n) is 4.35. The van der Waals surface area contributed by atoms with Crippen LogP contribution in [-0.2, 0) is 32.0 Å². The van der Waals surface area contributed by atoms with Crippen LogP contribution in [0.1, 0.15) is 47.2 Å². The van der Waals surface area contributed by atoms with Crippen molar-refractivity contribution in [3.63, 3.8) is 0 Å². The van der Waals surface area contributed by atoms with Crippen molar-refractivity contribution in [1.29, 1.82) is 0 Å². The molecule has 0 fully saturated rings. The molecule has 0 saturated carbocycles. The van der Waals surface area contributed by atoms with Crippen LogP contribution in [-0.4, -0.2) is 69.6 Å². The highest BCUT2D eigenvalue weighted by molar-refractivity contribution is 5.94. The maximum absolute atomic E-state index is 12.8. The van der Waals surface area contributed by atoms with E-state index >= 15 is 0 Å². The number of benzene rings is 2. The van der Waals surface area contributed by atoms with Gasteiger partial charge in [-0.2, -0.15) is 0 Å². The van der Waals surface area contributed by atoms with Crippen LogP contribution in [0.3, 0.4) is 0 Å². The number of methoxy groups -OCH3 is 1. The van der Waals surface area contributed by atoms with Gasteiger partial charge in [0, 0.05) is 44.6 Å². The predicted octanol–water partition coefficient (Wildman–Crippen LogP) is 1.52. The summed E-state index contributed by atoms with van der Waals surface area (Å²) >= 11 is 0. The molecule has 2 aromatic rings. The molecule has 0 bridgehead atoms. The fraction of sp³-hybridized carbons (Fsp3) is 0.448. The highest BCUT2D eigenvalue weighted by Gasteiger charge is 2.19. The van der Waals surface area contributed by atoms with Gasteiger partial charge in [0.1, 0.15) is 19.0 Å². The van der Waals surface area contributed by atoms with Gasteiger partial charge >= 0.3 is 0 Å². The number of ether oxygens (including phenoxy) is 2. The fourth-order valence-corrected chi connectivity index (χ4v) is 4.35. The number of hydrogen-bond acceptors (Lipinski definition) is 6. The first-order valence-electron chi connectivity index (χ1n) is 13.3. The van der Waals surface area contributed by atoms with Crippen LogP contribution >= 0.6 is 0 Å². The molecule has 4 amide bonds. The number of carbonyl (C=O) groups is 4. The average Bonchev–Trinajstić information content (AvgIpc) is 3.14. The summed E-state index contributed by atoms with van der Waals surface area (Å²) in [5.41, 5.74) is 3.25. The number of hydrogen-bond donors (Lipinski definition) is 4. The van der Waals surface area contributed by atoms with E-state index in [0.717, 1.165) is 25.7 Å². The molecule has 3 rings (SSSR count). The van der Waals surface area contributed by atoms with E-state index in [9.17, 15) is 19.2 Å². The van der Waals surface area contributed by atoms with Gasteiger partial charge in [-0.3, -0.25) is 19.2 Å². The molecule has 0 saturated heterocycles. The van der Waals surface area contributed by atoms with E-state index < -0.39 is 0 Å². The smallest absolute Gasteiger partial charge is 0.251 e. The summed E-state index contributed by atoms with van der Waals surface area (Å²) < 4.78 is 10.3. The molecule has 4 N–H and O–H groups in total.